The number of carbonyl (C=O) groups excluding carboxylic acids is 4. The molecule has 0 saturated carbocycles. The smallest absolute Gasteiger partial charge is 0.243 e. The Kier molecular flexibility index (Phi) is 12.4. The van der Waals surface area contributed by atoms with E-state index in [0.29, 0.717) is 13.0 Å². The summed E-state index contributed by atoms with van der Waals surface area (Å²) in [5.74, 6) is -1.09. The number of hydrogen-bond donors (Lipinski definition) is 5. The summed E-state index contributed by atoms with van der Waals surface area (Å²) in [6.07, 6.45) is 6.35. The maximum absolute atomic E-state index is 14.1. The molecule has 0 bridgehead atoms. The predicted octanol–water partition coefficient (Wildman–Crippen LogP) is 5.53. The molecule has 7 unspecified atom stereocenters. The molecule has 3 aliphatic rings. The molecule has 10 nitrogen and oxygen atoms in total. The highest BCUT2D eigenvalue weighted by Crippen LogP contribution is 2.36. The summed E-state index contributed by atoms with van der Waals surface area (Å²) in [7, 11) is 0. The van der Waals surface area contributed by atoms with Crippen LogP contribution in [0.1, 0.15) is 125 Å². The van der Waals surface area contributed by atoms with Crippen LogP contribution in [0.3, 0.4) is 0 Å². The summed E-state index contributed by atoms with van der Waals surface area (Å²) in [6.45, 7) is 11.9. The van der Waals surface area contributed by atoms with Crippen LogP contribution in [0.5, 0.6) is 0 Å². The molecule has 2 aliphatic carbocycles. The number of carbonyl (C=O) groups is 4. The first kappa shape index (κ1) is 41.1. The van der Waals surface area contributed by atoms with Crippen molar-refractivity contribution < 1.29 is 19.2 Å². The van der Waals surface area contributed by atoms with Crippen LogP contribution in [0.25, 0.3) is 0 Å². The van der Waals surface area contributed by atoms with Gasteiger partial charge in [0.25, 0.3) is 0 Å². The van der Waals surface area contributed by atoms with Crippen molar-refractivity contribution in [2.75, 3.05) is 6.54 Å². The molecule has 1 heterocycles. The Balaban J connectivity index is 1.20. The Morgan fingerprint density at radius 2 is 1.25 bits per heavy atom. The number of amides is 4. The standard InChI is InChI=1S/C46H62N6O4/c1-45(2,3)39(47)43(55)51-37(41(53)49-35-19-11-15-30-13-7-9-17-33(30)35)25-28-21-23-29(24-22-28)32-26-38(52(27-32)44(56)40(48)46(4,5)6)42(54)50-36-20-12-16-31-14-8-10-18-34(31)36/h7-10,13-14,17-18,21-24,32,35-40H,11-12,15-16,19-20,25-27,47-48H2,1-6H3,(H,49,53)(H,50,54)(H,51,55). The number of benzene rings is 3. The third kappa shape index (κ3) is 9.35. The molecule has 7 atom stereocenters. The highest BCUT2D eigenvalue weighted by Gasteiger charge is 2.44. The van der Waals surface area contributed by atoms with E-state index in [-0.39, 0.29) is 48.1 Å². The second kappa shape index (κ2) is 16.9. The Hall–Kier alpha value is -4.54. The number of likely N-dealkylation sites (tertiary alicyclic amines) is 1. The summed E-state index contributed by atoms with van der Waals surface area (Å²) in [5.41, 5.74) is 18.5. The van der Waals surface area contributed by atoms with Gasteiger partial charge < -0.3 is 32.3 Å². The monoisotopic (exact) mass is 762 g/mol. The first-order valence-corrected chi connectivity index (χ1v) is 20.5. The number of nitrogens with one attached hydrogen (secondary N) is 3. The van der Waals surface area contributed by atoms with Crippen molar-refractivity contribution in [1.29, 1.82) is 0 Å². The summed E-state index contributed by atoms with van der Waals surface area (Å²) in [6, 6.07) is 21.1. The van der Waals surface area contributed by atoms with Gasteiger partial charge in [0.2, 0.25) is 23.6 Å². The lowest BCUT2D eigenvalue weighted by atomic mass is 9.86. The summed E-state index contributed by atoms with van der Waals surface area (Å²) >= 11 is 0. The van der Waals surface area contributed by atoms with Gasteiger partial charge in [-0.3, -0.25) is 19.2 Å². The molecule has 0 spiro atoms. The summed E-state index contributed by atoms with van der Waals surface area (Å²) < 4.78 is 0. The maximum atomic E-state index is 14.1. The Morgan fingerprint density at radius 1 is 0.714 bits per heavy atom. The van der Waals surface area contributed by atoms with E-state index < -0.39 is 35.0 Å². The van der Waals surface area contributed by atoms with Crippen LogP contribution in [-0.4, -0.2) is 59.2 Å². The van der Waals surface area contributed by atoms with Crippen LogP contribution in [0.4, 0.5) is 0 Å². The predicted molar refractivity (Wildman–Crippen MR) is 220 cm³/mol. The largest absolute Gasteiger partial charge is 0.347 e. The Labute approximate surface area is 332 Å². The normalized spacial score (nSPS) is 22.5. The van der Waals surface area contributed by atoms with E-state index in [9.17, 15) is 19.2 Å². The average molecular weight is 763 g/mol. The van der Waals surface area contributed by atoms with Gasteiger partial charge in [-0.15, -0.1) is 0 Å². The van der Waals surface area contributed by atoms with Gasteiger partial charge in [-0.2, -0.15) is 0 Å². The number of nitrogens with two attached hydrogens (primary N) is 2. The molecule has 3 aromatic rings. The molecule has 7 N–H and O–H groups in total. The Morgan fingerprint density at radius 3 is 1.80 bits per heavy atom. The Bertz CT molecular complexity index is 1900. The zero-order chi connectivity index (χ0) is 40.4. The van der Waals surface area contributed by atoms with Crippen molar-refractivity contribution >= 4 is 23.6 Å². The molecule has 0 aromatic heterocycles. The second-order valence-electron chi connectivity index (χ2n) is 18.4. The fraction of sp³-hybridized carbons (Fsp3) is 0.522. The molecule has 1 aliphatic heterocycles. The lowest BCUT2D eigenvalue weighted by Crippen LogP contribution is -2.56. The van der Waals surface area contributed by atoms with E-state index in [1.54, 1.807) is 4.90 Å². The number of rotatable bonds is 10. The van der Waals surface area contributed by atoms with E-state index in [4.69, 9.17) is 11.5 Å². The molecular formula is C46H62N6O4. The average Bonchev–Trinajstić information content (AvgIpc) is 3.62. The van der Waals surface area contributed by atoms with Gasteiger partial charge in [-0.25, -0.2) is 0 Å². The van der Waals surface area contributed by atoms with Crippen molar-refractivity contribution in [3.8, 4) is 0 Å². The van der Waals surface area contributed by atoms with Crippen molar-refractivity contribution in [3.63, 3.8) is 0 Å². The first-order valence-electron chi connectivity index (χ1n) is 20.5. The summed E-state index contributed by atoms with van der Waals surface area (Å²) in [5, 5.41) is 9.52. The molecule has 300 valence electrons. The molecule has 6 rings (SSSR count). The minimum atomic E-state index is -0.840. The van der Waals surface area contributed by atoms with Crippen molar-refractivity contribution in [2.24, 2.45) is 22.3 Å². The third-order valence-electron chi connectivity index (χ3n) is 12.2. The molecule has 1 saturated heterocycles. The van der Waals surface area contributed by atoms with Gasteiger partial charge in [0, 0.05) is 18.9 Å². The van der Waals surface area contributed by atoms with Crippen LogP contribution in [0.2, 0.25) is 0 Å². The molecule has 3 aromatic carbocycles. The van der Waals surface area contributed by atoms with Gasteiger partial charge >= 0.3 is 0 Å². The highest BCUT2D eigenvalue weighted by molar-refractivity contribution is 5.92. The van der Waals surface area contributed by atoms with Crippen LogP contribution in [-0.2, 0) is 38.4 Å². The van der Waals surface area contributed by atoms with Crippen LogP contribution >= 0.6 is 0 Å². The lowest BCUT2D eigenvalue weighted by Gasteiger charge is -2.34. The summed E-state index contributed by atoms with van der Waals surface area (Å²) in [4.78, 5) is 57.1. The molecule has 10 heteroatoms. The number of hydrogen-bond acceptors (Lipinski definition) is 6. The molecule has 56 heavy (non-hydrogen) atoms. The van der Waals surface area contributed by atoms with Crippen molar-refractivity contribution in [2.45, 2.75) is 135 Å². The van der Waals surface area contributed by atoms with E-state index in [1.165, 1.54) is 11.1 Å². The van der Waals surface area contributed by atoms with Crippen LogP contribution < -0.4 is 27.4 Å². The number of aryl methyl sites for hydroxylation is 2. The van der Waals surface area contributed by atoms with Crippen LogP contribution in [0, 0.1) is 10.8 Å². The van der Waals surface area contributed by atoms with E-state index in [0.717, 1.165) is 60.8 Å². The van der Waals surface area contributed by atoms with Crippen molar-refractivity contribution in [3.05, 3.63) is 106 Å². The van der Waals surface area contributed by atoms with Gasteiger partial charge in [-0.05, 0) is 89.2 Å². The van der Waals surface area contributed by atoms with Crippen LogP contribution in [0.15, 0.2) is 72.8 Å². The van der Waals surface area contributed by atoms with Crippen molar-refractivity contribution in [1.82, 2.24) is 20.9 Å². The van der Waals surface area contributed by atoms with Gasteiger partial charge in [0.05, 0.1) is 24.2 Å². The third-order valence-corrected chi connectivity index (χ3v) is 12.2. The minimum absolute atomic E-state index is 0.0930. The van der Waals surface area contributed by atoms with E-state index in [2.05, 4.69) is 40.2 Å². The minimum Gasteiger partial charge on any atom is -0.347 e. The van der Waals surface area contributed by atoms with Gasteiger partial charge in [0.15, 0.2) is 0 Å². The fourth-order valence-corrected chi connectivity index (χ4v) is 8.49. The number of fused-ring (bicyclic) bond motifs is 2. The van der Waals surface area contributed by atoms with E-state index >= 15 is 0 Å². The maximum Gasteiger partial charge on any atom is 0.243 e. The quantitative estimate of drug-likeness (QED) is 0.183. The molecular weight excluding hydrogens is 701 g/mol. The fourth-order valence-electron chi connectivity index (χ4n) is 8.49. The highest BCUT2D eigenvalue weighted by atomic mass is 16.2. The topological polar surface area (TPSA) is 160 Å². The second-order valence-corrected chi connectivity index (χ2v) is 18.4. The lowest BCUT2D eigenvalue weighted by molar-refractivity contribution is -0.141. The van der Waals surface area contributed by atoms with Gasteiger partial charge in [-0.1, -0.05) is 114 Å². The molecule has 1 fully saturated rings. The zero-order valence-electron chi connectivity index (χ0n) is 34.1. The van der Waals surface area contributed by atoms with Gasteiger partial charge in [0.1, 0.15) is 12.1 Å². The number of nitrogens with zero attached hydrogens (tertiary/aromatic N) is 1. The SMILES string of the molecule is CC(C)(C)C(N)C(=O)NC(Cc1ccc(C2CC(C(=O)NC3CCCc4ccccc43)N(C(=O)C(N)C(C)(C)C)C2)cc1)C(=O)NC1CCCc2ccccc21. The zero-order valence-corrected chi connectivity index (χ0v) is 34.1. The first-order chi connectivity index (χ1) is 26.5. The van der Waals surface area contributed by atoms with E-state index in [1.807, 2.05) is 90.1 Å². The molecule has 4 amide bonds. The molecule has 0 radical (unpaired) electrons.